The Morgan fingerprint density at radius 3 is 2.42 bits per heavy atom. The molecule has 1 saturated heterocycles. The Morgan fingerprint density at radius 1 is 1.03 bits per heavy atom. The number of ketones is 1. The fraction of sp³-hybridized carbons (Fsp3) is 0.207. The van der Waals surface area contributed by atoms with Gasteiger partial charge in [0.2, 0.25) is 0 Å². The third-order valence-electron chi connectivity index (χ3n) is 6.33. The molecular formula is C29H26N2O4S. The van der Waals surface area contributed by atoms with Crippen LogP contribution in [0.1, 0.15) is 42.1 Å². The summed E-state index contributed by atoms with van der Waals surface area (Å²) >= 11 is 1.37. The van der Waals surface area contributed by atoms with E-state index in [9.17, 15) is 14.7 Å². The number of hydrogen-bond acceptors (Lipinski definition) is 6. The van der Waals surface area contributed by atoms with Gasteiger partial charge in [-0.25, -0.2) is 4.98 Å². The summed E-state index contributed by atoms with van der Waals surface area (Å²) in [5.41, 5.74) is 4.19. The van der Waals surface area contributed by atoms with Gasteiger partial charge < -0.3 is 9.84 Å². The molecule has 1 aliphatic rings. The van der Waals surface area contributed by atoms with Crippen molar-refractivity contribution in [1.29, 1.82) is 0 Å². The van der Waals surface area contributed by atoms with E-state index in [2.05, 4.69) is 13.0 Å². The summed E-state index contributed by atoms with van der Waals surface area (Å²) in [5.74, 6) is -1.01. The van der Waals surface area contributed by atoms with E-state index >= 15 is 0 Å². The first kappa shape index (κ1) is 23.8. The van der Waals surface area contributed by atoms with Crippen molar-refractivity contribution < 1.29 is 19.4 Å². The number of carbonyl (C=O) groups is 2. The quantitative estimate of drug-likeness (QED) is 0.195. The van der Waals surface area contributed by atoms with Gasteiger partial charge in [0.15, 0.2) is 5.13 Å². The number of aliphatic hydroxyl groups is 1. The number of nitrogens with zero attached hydrogens (tertiary/aromatic N) is 2. The maximum absolute atomic E-state index is 13.4. The summed E-state index contributed by atoms with van der Waals surface area (Å²) in [6.45, 7) is 6.47. The number of thiazole rings is 1. The van der Waals surface area contributed by atoms with Crippen LogP contribution in [0.4, 0.5) is 5.13 Å². The minimum atomic E-state index is -0.802. The molecule has 1 atom stereocenters. The fourth-order valence-corrected chi connectivity index (χ4v) is 5.46. The van der Waals surface area contributed by atoms with Gasteiger partial charge >= 0.3 is 5.91 Å². The number of aryl methyl sites for hydroxylation is 2. The molecule has 0 bridgehead atoms. The molecule has 1 amide bonds. The number of aliphatic hydroxyl groups excluding tert-OH is 1. The number of fused-ring (bicyclic) bond motifs is 1. The van der Waals surface area contributed by atoms with Crippen molar-refractivity contribution in [3.63, 3.8) is 0 Å². The average Bonchev–Trinajstić information content (AvgIpc) is 3.42. The lowest BCUT2D eigenvalue weighted by atomic mass is 9.95. The number of ether oxygens (including phenoxy) is 1. The van der Waals surface area contributed by atoms with Crippen LogP contribution >= 0.6 is 11.3 Å². The van der Waals surface area contributed by atoms with Crippen LogP contribution in [0.3, 0.4) is 0 Å². The maximum Gasteiger partial charge on any atom is 0.301 e. The Hall–Kier alpha value is -3.97. The Kier molecular flexibility index (Phi) is 6.33. The SMILES string of the molecule is CCOc1ccc(C(O)=C2C(=O)C(=O)N(c3nc4ccc(CC)cc4s3)[C@H]2c2ccc(C)cc2)cc1. The second-order valence-electron chi connectivity index (χ2n) is 8.69. The fourth-order valence-electron chi connectivity index (χ4n) is 4.40. The van der Waals surface area contributed by atoms with Crippen LogP contribution in [0.15, 0.2) is 72.3 Å². The van der Waals surface area contributed by atoms with E-state index in [-0.39, 0.29) is 11.3 Å². The van der Waals surface area contributed by atoms with Crippen molar-refractivity contribution in [3.8, 4) is 5.75 Å². The van der Waals surface area contributed by atoms with Crippen LogP contribution in [0.2, 0.25) is 0 Å². The molecule has 1 aliphatic heterocycles. The van der Waals surface area contributed by atoms with Gasteiger partial charge in [-0.05, 0) is 67.8 Å². The van der Waals surface area contributed by atoms with E-state index in [0.717, 1.165) is 27.8 Å². The Bertz CT molecular complexity index is 1490. The summed E-state index contributed by atoms with van der Waals surface area (Å²) in [5, 5.41) is 11.7. The van der Waals surface area contributed by atoms with Crippen LogP contribution < -0.4 is 9.64 Å². The van der Waals surface area contributed by atoms with E-state index in [4.69, 9.17) is 9.72 Å². The van der Waals surface area contributed by atoms with Crippen LogP contribution in [0.5, 0.6) is 5.75 Å². The molecule has 4 aromatic rings. The number of amides is 1. The first-order chi connectivity index (χ1) is 17.4. The largest absolute Gasteiger partial charge is 0.507 e. The van der Waals surface area contributed by atoms with Crippen LogP contribution in [-0.2, 0) is 16.0 Å². The Balaban J connectivity index is 1.67. The number of benzene rings is 3. The number of hydrogen-bond donors (Lipinski definition) is 1. The molecule has 0 saturated carbocycles. The van der Waals surface area contributed by atoms with Crippen molar-refractivity contribution in [2.45, 2.75) is 33.2 Å². The van der Waals surface area contributed by atoms with Crippen molar-refractivity contribution in [3.05, 3.63) is 94.6 Å². The van der Waals surface area contributed by atoms with Crippen LogP contribution in [-0.4, -0.2) is 28.4 Å². The highest BCUT2D eigenvalue weighted by atomic mass is 32.1. The van der Waals surface area contributed by atoms with E-state index in [1.54, 1.807) is 24.3 Å². The molecular weight excluding hydrogens is 472 g/mol. The molecule has 0 aliphatic carbocycles. The smallest absolute Gasteiger partial charge is 0.301 e. The zero-order valence-electron chi connectivity index (χ0n) is 20.3. The monoisotopic (exact) mass is 498 g/mol. The Morgan fingerprint density at radius 2 is 1.75 bits per heavy atom. The molecule has 6 nitrogen and oxygen atoms in total. The summed E-state index contributed by atoms with van der Waals surface area (Å²) in [7, 11) is 0. The molecule has 2 heterocycles. The minimum absolute atomic E-state index is 0.0431. The lowest BCUT2D eigenvalue weighted by Gasteiger charge is -2.23. The van der Waals surface area contributed by atoms with Crippen molar-refractivity contribution in [1.82, 2.24) is 4.98 Å². The third kappa shape index (κ3) is 4.16. The summed E-state index contributed by atoms with van der Waals surface area (Å²) in [6.07, 6.45) is 0.888. The minimum Gasteiger partial charge on any atom is -0.507 e. The number of Topliss-reactive ketones (excluding diaryl/α,β-unsaturated/α-hetero) is 1. The molecule has 3 aromatic carbocycles. The van der Waals surface area contributed by atoms with Gasteiger partial charge in [0.1, 0.15) is 11.5 Å². The molecule has 5 rings (SSSR count). The molecule has 0 unspecified atom stereocenters. The highest BCUT2D eigenvalue weighted by Gasteiger charge is 2.48. The number of rotatable bonds is 6. The van der Waals surface area contributed by atoms with Crippen LogP contribution in [0, 0.1) is 6.92 Å². The van der Waals surface area contributed by atoms with Gasteiger partial charge in [-0.3, -0.25) is 14.5 Å². The molecule has 1 aromatic heterocycles. The highest BCUT2D eigenvalue weighted by Crippen LogP contribution is 2.44. The molecule has 0 radical (unpaired) electrons. The van der Waals surface area contributed by atoms with E-state index in [0.29, 0.717) is 23.1 Å². The highest BCUT2D eigenvalue weighted by molar-refractivity contribution is 7.22. The van der Waals surface area contributed by atoms with E-state index in [1.165, 1.54) is 21.8 Å². The predicted octanol–water partition coefficient (Wildman–Crippen LogP) is 6.19. The van der Waals surface area contributed by atoms with Gasteiger partial charge in [0, 0.05) is 5.56 Å². The standard InChI is InChI=1S/C29H26N2O4S/c1-4-18-8-15-22-23(16-18)36-29(30-22)31-25(19-9-6-17(3)7-10-19)24(27(33)28(31)34)26(32)20-11-13-21(14-12-20)35-5-2/h6-16,25,32H,4-5H2,1-3H3/t25-/m0/s1. The molecule has 36 heavy (non-hydrogen) atoms. The number of aromatic nitrogens is 1. The van der Waals surface area contributed by atoms with Gasteiger partial charge in [-0.15, -0.1) is 0 Å². The first-order valence-corrected chi connectivity index (χ1v) is 12.7. The lowest BCUT2D eigenvalue weighted by Crippen LogP contribution is -2.29. The van der Waals surface area contributed by atoms with Gasteiger partial charge in [-0.1, -0.05) is 54.2 Å². The van der Waals surface area contributed by atoms with Crippen LogP contribution in [0.25, 0.3) is 16.0 Å². The maximum atomic E-state index is 13.4. The second-order valence-corrected chi connectivity index (χ2v) is 9.70. The molecule has 1 N–H and O–H groups in total. The van der Waals surface area contributed by atoms with Crippen molar-refractivity contribution in [2.24, 2.45) is 0 Å². The number of carbonyl (C=O) groups excluding carboxylic acids is 2. The Labute approximate surface area is 213 Å². The topological polar surface area (TPSA) is 79.7 Å². The summed E-state index contributed by atoms with van der Waals surface area (Å²) in [6, 6.07) is 19.7. The molecule has 1 fully saturated rings. The average molecular weight is 499 g/mol. The van der Waals surface area contributed by atoms with Gasteiger partial charge in [0.05, 0.1) is 28.4 Å². The summed E-state index contributed by atoms with van der Waals surface area (Å²) in [4.78, 5) is 32.9. The first-order valence-electron chi connectivity index (χ1n) is 11.9. The second kappa shape index (κ2) is 9.59. The number of anilines is 1. The van der Waals surface area contributed by atoms with Crippen molar-refractivity contribution in [2.75, 3.05) is 11.5 Å². The lowest BCUT2D eigenvalue weighted by molar-refractivity contribution is -0.132. The zero-order chi connectivity index (χ0) is 25.4. The van der Waals surface area contributed by atoms with Gasteiger partial charge in [0.25, 0.3) is 5.78 Å². The van der Waals surface area contributed by atoms with Gasteiger partial charge in [-0.2, -0.15) is 0 Å². The van der Waals surface area contributed by atoms with E-state index < -0.39 is 17.7 Å². The molecule has 7 heteroatoms. The van der Waals surface area contributed by atoms with Crippen molar-refractivity contribution >= 4 is 44.1 Å². The molecule has 0 spiro atoms. The molecule has 182 valence electrons. The third-order valence-corrected chi connectivity index (χ3v) is 7.35. The predicted molar refractivity (Wildman–Crippen MR) is 143 cm³/mol. The normalized spacial score (nSPS) is 17.2. The zero-order valence-corrected chi connectivity index (χ0v) is 21.1. The summed E-state index contributed by atoms with van der Waals surface area (Å²) < 4.78 is 6.44. The van der Waals surface area contributed by atoms with E-state index in [1.807, 2.05) is 50.2 Å².